The summed E-state index contributed by atoms with van der Waals surface area (Å²) in [7, 11) is 0. The molecule has 0 fully saturated rings. The molecule has 0 atom stereocenters. The maximum Gasteiger partial charge on any atom is 0.338 e. The number of esters is 1. The monoisotopic (exact) mass is 384 g/mol. The number of hydrogen-bond acceptors (Lipinski definition) is 3. The van der Waals surface area contributed by atoms with Gasteiger partial charge in [0.2, 0.25) is 0 Å². The topological polar surface area (TPSA) is 55.0 Å². The summed E-state index contributed by atoms with van der Waals surface area (Å²) in [5.41, 5.74) is 7.88. The summed E-state index contributed by atoms with van der Waals surface area (Å²) in [6.45, 7) is 4.33. The molecule has 4 heteroatoms. The van der Waals surface area contributed by atoms with E-state index < -0.39 is 0 Å². The van der Waals surface area contributed by atoms with Gasteiger partial charge in [-0.25, -0.2) is 4.79 Å². The summed E-state index contributed by atoms with van der Waals surface area (Å²) in [6.07, 6.45) is 5.38. The standard InChI is InChI=1S/C25H24N2O2/c1-3-29-25(28)20-11-9-18(10-12-20)14-21-7-4-8-23-24(21)22(17(2)27-23)15-19-6-5-13-26-16-19/h4-13,16,27H,3,14-15H2,1-2H3. The molecule has 146 valence electrons. The molecule has 1 N–H and O–H groups in total. The van der Waals surface area contributed by atoms with Gasteiger partial charge in [0.05, 0.1) is 12.2 Å². The second kappa shape index (κ2) is 8.31. The second-order valence-electron chi connectivity index (χ2n) is 7.20. The Bertz CT molecular complexity index is 1130. The average molecular weight is 384 g/mol. The van der Waals surface area contributed by atoms with Gasteiger partial charge in [-0.05, 0) is 66.8 Å². The molecule has 4 aromatic rings. The van der Waals surface area contributed by atoms with E-state index in [9.17, 15) is 4.79 Å². The zero-order valence-corrected chi connectivity index (χ0v) is 16.7. The van der Waals surface area contributed by atoms with Crippen LogP contribution >= 0.6 is 0 Å². The molecular weight excluding hydrogens is 360 g/mol. The maximum atomic E-state index is 11.9. The van der Waals surface area contributed by atoms with Crippen molar-refractivity contribution in [2.45, 2.75) is 26.7 Å². The van der Waals surface area contributed by atoms with Gasteiger partial charge in [-0.3, -0.25) is 4.98 Å². The first-order chi connectivity index (χ1) is 14.2. The first-order valence-electron chi connectivity index (χ1n) is 9.89. The minimum absolute atomic E-state index is 0.277. The van der Waals surface area contributed by atoms with E-state index in [0.717, 1.165) is 23.9 Å². The molecule has 0 aliphatic heterocycles. The molecule has 2 aromatic carbocycles. The lowest BCUT2D eigenvalue weighted by Crippen LogP contribution is -2.04. The number of pyridine rings is 1. The average Bonchev–Trinajstić information content (AvgIpc) is 3.05. The normalized spacial score (nSPS) is 11.0. The third-order valence-electron chi connectivity index (χ3n) is 5.19. The van der Waals surface area contributed by atoms with Crippen LogP contribution in [0.4, 0.5) is 0 Å². The Kier molecular flexibility index (Phi) is 5.43. The van der Waals surface area contributed by atoms with Crippen LogP contribution in [0.15, 0.2) is 67.0 Å². The van der Waals surface area contributed by atoms with Crippen molar-refractivity contribution in [2.24, 2.45) is 0 Å². The minimum atomic E-state index is -0.277. The van der Waals surface area contributed by atoms with Crippen LogP contribution in [0.5, 0.6) is 0 Å². The Hall–Kier alpha value is -3.40. The van der Waals surface area contributed by atoms with E-state index >= 15 is 0 Å². The zero-order valence-electron chi connectivity index (χ0n) is 16.7. The number of H-pyrrole nitrogens is 1. The van der Waals surface area contributed by atoms with Crippen LogP contribution in [0.1, 0.15) is 45.2 Å². The second-order valence-corrected chi connectivity index (χ2v) is 7.20. The third kappa shape index (κ3) is 4.06. The van der Waals surface area contributed by atoms with Crippen LogP contribution in [0.3, 0.4) is 0 Å². The van der Waals surface area contributed by atoms with Gasteiger partial charge in [-0.1, -0.05) is 30.3 Å². The van der Waals surface area contributed by atoms with Gasteiger partial charge in [0.1, 0.15) is 0 Å². The van der Waals surface area contributed by atoms with Gasteiger partial charge in [0, 0.05) is 35.4 Å². The zero-order chi connectivity index (χ0) is 20.2. The highest BCUT2D eigenvalue weighted by Gasteiger charge is 2.14. The van der Waals surface area contributed by atoms with Crippen LogP contribution in [0, 0.1) is 6.92 Å². The molecule has 2 heterocycles. The summed E-state index contributed by atoms with van der Waals surface area (Å²) in [6, 6.07) is 18.2. The molecule has 4 nitrogen and oxygen atoms in total. The molecule has 29 heavy (non-hydrogen) atoms. The number of ether oxygens (including phenoxy) is 1. The van der Waals surface area contributed by atoms with Gasteiger partial charge < -0.3 is 9.72 Å². The number of benzene rings is 2. The highest BCUT2D eigenvalue weighted by atomic mass is 16.5. The molecule has 2 aromatic heterocycles. The fourth-order valence-corrected chi connectivity index (χ4v) is 3.79. The lowest BCUT2D eigenvalue weighted by Gasteiger charge is -2.09. The van der Waals surface area contributed by atoms with Crippen molar-refractivity contribution >= 4 is 16.9 Å². The SMILES string of the molecule is CCOC(=O)c1ccc(Cc2cccc3[nH]c(C)c(Cc4cccnc4)c23)cc1. The lowest BCUT2D eigenvalue weighted by atomic mass is 9.95. The van der Waals surface area contributed by atoms with Gasteiger partial charge in [-0.2, -0.15) is 0 Å². The molecule has 0 saturated carbocycles. The number of aromatic nitrogens is 2. The Balaban J connectivity index is 1.66. The summed E-state index contributed by atoms with van der Waals surface area (Å²) in [5, 5.41) is 1.28. The molecule has 0 aliphatic carbocycles. The lowest BCUT2D eigenvalue weighted by molar-refractivity contribution is 0.0526. The van der Waals surface area contributed by atoms with Crippen molar-refractivity contribution in [3.8, 4) is 0 Å². The van der Waals surface area contributed by atoms with Crippen molar-refractivity contribution in [1.82, 2.24) is 9.97 Å². The fourth-order valence-electron chi connectivity index (χ4n) is 3.79. The van der Waals surface area contributed by atoms with E-state index in [-0.39, 0.29) is 5.97 Å². The summed E-state index contributed by atoms with van der Waals surface area (Å²) < 4.78 is 5.07. The van der Waals surface area contributed by atoms with E-state index in [1.54, 1.807) is 6.20 Å². The number of carbonyl (C=O) groups excluding carboxylic acids is 1. The van der Waals surface area contributed by atoms with Gasteiger partial charge in [0.25, 0.3) is 0 Å². The first kappa shape index (κ1) is 18.9. The Morgan fingerprint density at radius 1 is 1.00 bits per heavy atom. The van der Waals surface area contributed by atoms with Crippen LogP contribution < -0.4 is 0 Å². The van der Waals surface area contributed by atoms with Gasteiger partial charge >= 0.3 is 5.97 Å². The number of hydrogen-bond donors (Lipinski definition) is 1. The van der Waals surface area contributed by atoms with Gasteiger partial charge in [-0.15, -0.1) is 0 Å². The number of fused-ring (bicyclic) bond motifs is 1. The number of nitrogens with zero attached hydrogens (tertiary/aromatic N) is 1. The molecular formula is C25H24N2O2. The van der Waals surface area contributed by atoms with E-state index in [4.69, 9.17) is 4.74 Å². The largest absolute Gasteiger partial charge is 0.462 e. The molecule has 0 saturated heterocycles. The number of rotatable bonds is 6. The van der Waals surface area contributed by atoms with Crippen molar-refractivity contribution in [3.63, 3.8) is 0 Å². The van der Waals surface area contributed by atoms with Crippen LogP contribution in [0.25, 0.3) is 10.9 Å². The predicted octanol–water partition coefficient (Wildman–Crippen LogP) is 5.23. The summed E-state index contributed by atoms with van der Waals surface area (Å²) >= 11 is 0. The van der Waals surface area contributed by atoms with Crippen molar-refractivity contribution in [2.75, 3.05) is 6.61 Å². The molecule has 0 radical (unpaired) electrons. The van der Waals surface area contributed by atoms with Crippen molar-refractivity contribution < 1.29 is 9.53 Å². The smallest absolute Gasteiger partial charge is 0.338 e. The van der Waals surface area contributed by atoms with Crippen LogP contribution in [-0.4, -0.2) is 22.5 Å². The maximum absolute atomic E-state index is 11.9. The highest BCUT2D eigenvalue weighted by molar-refractivity contribution is 5.90. The number of nitrogens with one attached hydrogen (secondary N) is 1. The quantitative estimate of drug-likeness (QED) is 0.463. The number of aryl methyl sites for hydroxylation is 1. The number of carbonyl (C=O) groups is 1. The summed E-state index contributed by atoms with van der Waals surface area (Å²) in [4.78, 5) is 19.7. The van der Waals surface area contributed by atoms with Crippen molar-refractivity contribution in [1.29, 1.82) is 0 Å². The fraction of sp³-hybridized carbons (Fsp3) is 0.200. The molecule has 0 amide bonds. The predicted molar refractivity (Wildman–Crippen MR) is 115 cm³/mol. The Morgan fingerprint density at radius 3 is 2.55 bits per heavy atom. The first-order valence-corrected chi connectivity index (χ1v) is 9.89. The third-order valence-corrected chi connectivity index (χ3v) is 5.19. The molecule has 0 unspecified atom stereocenters. The van der Waals surface area contributed by atoms with E-state index in [0.29, 0.717) is 12.2 Å². The van der Waals surface area contributed by atoms with Crippen LogP contribution in [-0.2, 0) is 17.6 Å². The minimum Gasteiger partial charge on any atom is -0.462 e. The number of aromatic amines is 1. The highest BCUT2D eigenvalue weighted by Crippen LogP contribution is 2.29. The Labute approximate surface area is 170 Å². The molecule has 0 bridgehead atoms. The molecule has 0 spiro atoms. The van der Waals surface area contributed by atoms with Crippen molar-refractivity contribution in [3.05, 3.63) is 101 Å². The van der Waals surface area contributed by atoms with E-state index in [1.165, 1.54) is 27.8 Å². The Morgan fingerprint density at radius 2 is 1.83 bits per heavy atom. The molecule has 4 rings (SSSR count). The summed E-state index contributed by atoms with van der Waals surface area (Å²) in [5.74, 6) is -0.277. The van der Waals surface area contributed by atoms with Gasteiger partial charge in [0.15, 0.2) is 0 Å². The van der Waals surface area contributed by atoms with E-state index in [2.05, 4.69) is 41.2 Å². The van der Waals surface area contributed by atoms with Crippen LogP contribution in [0.2, 0.25) is 0 Å². The van der Waals surface area contributed by atoms with E-state index in [1.807, 2.05) is 43.5 Å². The molecule has 0 aliphatic rings.